The van der Waals surface area contributed by atoms with Gasteiger partial charge in [-0.25, -0.2) is 0 Å². The Morgan fingerprint density at radius 1 is 0.471 bits per heavy atom. The fourth-order valence-electron chi connectivity index (χ4n) is 3.53. The number of rotatable bonds is 20. The fourth-order valence-corrected chi connectivity index (χ4v) is 9.02. The molecule has 0 aromatic heterocycles. The van der Waals surface area contributed by atoms with Gasteiger partial charge < -0.3 is 19.8 Å². The molecule has 0 spiro atoms. The first-order valence-electron chi connectivity index (χ1n) is 13.5. The zero-order chi connectivity index (χ0) is 25.7. The number of hydrogen-bond acceptors (Lipinski definition) is 4. The molecule has 0 bridgehead atoms. The van der Waals surface area contributed by atoms with E-state index >= 15 is 0 Å². The van der Waals surface area contributed by atoms with Gasteiger partial charge in [-0.05, 0) is 82.9 Å². The van der Waals surface area contributed by atoms with Crippen molar-refractivity contribution in [2.24, 2.45) is 0 Å². The van der Waals surface area contributed by atoms with Crippen LogP contribution in [-0.4, -0.2) is 48.9 Å². The zero-order valence-electron chi connectivity index (χ0n) is 23.3. The molecule has 0 aliphatic rings. The molecule has 0 aliphatic carbocycles. The molecule has 0 heterocycles. The first-order chi connectivity index (χ1) is 15.7. The van der Waals surface area contributed by atoms with Crippen molar-refractivity contribution in [2.45, 2.75) is 125 Å². The van der Waals surface area contributed by atoms with Crippen molar-refractivity contribution in [2.75, 3.05) is 37.0 Å². The Morgan fingerprint density at radius 2 is 0.647 bits per heavy atom. The van der Waals surface area contributed by atoms with Crippen molar-refractivity contribution < 1.29 is 40.2 Å². The van der Waals surface area contributed by atoms with Crippen LogP contribution in [-0.2, 0) is 30.0 Å². The van der Waals surface area contributed by atoms with Gasteiger partial charge in [0.1, 0.15) is 0 Å². The molecule has 34 heavy (non-hydrogen) atoms. The summed E-state index contributed by atoms with van der Waals surface area (Å²) in [6, 6.07) is 0. The van der Waals surface area contributed by atoms with Gasteiger partial charge in [0.15, 0.2) is 0 Å². The van der Waals surface area contributed by atoms with Gasteiger partial charge in [0.2, 0.25) is 0 Å². The summed E-state index contributed by atoms with van der Waals surface area (Å²) >= 11 is 0. The summed E-state index contributed by atoms with van der Waals surface area (Å²) in [7, 11) is 0.728. The minimum absolute atomic E-state index is 0. The summed E-state index contributed by atoms with van der Waals surface area (Å²) in [6.45, 7) is 11.3. The summed E-state index contributed by atoms with van der Waals surface area (Å²) in [6.07, 6.45) is 28.5. The predicted octanol–water partition coefficient (Wildman–Crippen LogP) is 6.61. The molecule has 0 atom stereocenters. The Labute approximate surface area is 229 Å². The van der Waals surface area contributed by atoms with Crippen LogP contribution in [0.4, 0.5) is 0 Å². The van der Waals surface area contributed by atoms with Crippen LogP contribution in [0.3, 0.4) is 0 Å². The van der Waals surface area contributed by atoms with E-state index < -0.39 is 11.9 Å². The molecule has 7 heteroatoms. The largest absolute Gasteiger partial charge is 2.00 e. The van der Waals surface area contributed by atoms with E-state index in [1.54, 1.807) is 43.4 Å². The average Bonchev–Trinajstić information content (AvgIpc) is 2.73. The smallest absolute Gasteiger partial charge is 0.550 e. The molecule has 0 aromatic rings. The van der Waals surface area contributed by atoms with Gasteiger partial charge >= 0.3 is 20.4 Å². The van der Waals surface area contributed by atoms with Gasteiger partial charge in [0, 0.05) is 11.9 Å². The maximum Gasteiger partial charge on any atom is 2.00 e. The van der Waals surface area contributed by atoms with Gasteiger partial charge in [-0.3, -0.25) is 0 Å². The average molecular weight is 613 g/mol. The quantitative estimate of drug-likeness (QED) is 0.0880. The summed E-state index contributed by atoms with van der Waals surface area (Å²) in [5, 5.41) is 17.8. The summed E-state index contributed by atoms with van der Waals surface area (Å²) in [5.41, 5.74) is 0. The van der Waals surface area contributed by atoms with Crippen LogP contribution in [0.15, 0.2) is 0 Å². The van der Waals surface area contributed by atoms with Crippen molar-refractivity contribution in [1.29, 1.82) is 0 Å². The molecule has 0 aromatic carbocycles. The van der Waals surface area contributed by atoms with E-state index in [4.69, 9.17) is 19.8 Å². The van der Waals surface area contributed by atoms with Crippen LogP contribution in [0.5, 0.6) is 0 Å². The SMILES string of the molecule is CC(=O)[O-].CC(=O)[O-].CCCCCP(CCCCC)CCCP(CCCCC)CCCCC.[Pd+2]. The van der Waals surface area contributed by atoms with Crippen LogP contribution in [0.25, 0.3) is 0 Å². The van der Waals surface area contributed by atoms with Gasteiger partial charge in [0.25, 0.3) is 0 Å². The molecule has 0 rings (SSSR count). The number of aliphatic carboxylic acids is 2. The van der Waals surface area contributed by atoms with E-state index in [1.807, 2.05) is 0 Å². The van der Waals surface area contributed by atoms with Gasteiger partial charge in [-0.15, -0.1) is 15.8 Å². The minimum atomic E-state index is -1.08. The third-order valence-corrected chi connectivity index (χ3v) is 11.0. The Hall–Kier alpha value is 0.462. The molecular weight excluding hydrogens is 557 g/mol. The number of carbonyl (C=O) groups is 2. The molecule has 0 radical (unpaired) electrons. The molecule has 0 fully saturated rings. The van der Waals surface area contributed by atoms with Crippen molar-refractivity contribution in [3.05, 3.63) is 0 Å². The van der Waals surface area contributed by atoms with E-state index in [1.165, 1.54) is 77.0 Å². The second kappa shape index (κ2) is 35.6. The van der Waals surface area contributed by atoms with Gasteiger partial charge in [-0.2, -0.15) is 0 Å². The number of carbonyl (C=O) groups excluding carboxylic acids is 2. The van der Waals surface area contributed by atoms with E-state index in [0.717, 1.165) is 13.8 Å². The van der Waals surface area contributed by atoms with Crippen molar-refractivity contribution in [3.8, 4) is 0 Å². The van der Waals surface area contributed by atoms with E-state index in [-0.39, 0.29) is 20.4 Å². The molecular formula is C27H56O4P2Pd. The van der Waals surface area contributed by atoms with Crippen LogP contribution in [0, 0.1) is 0 Å². The van der Waals surface area contributed by atoms with Gasteiger partial charge in [0.05, 0.1) is 0 Å². The maximum absolute atomic E-state index is 8.89. The Balaban J connectivity index is -0.000000430. The molecule has 0 saturated heterocycles. The molecule has 0 amide bonds. The molecule has 208 valence electrons. The first-order valence-corrected chi connectivity index (χ1v) is 17.3. The fraction of sp³-hybridized carbons (Fsp3) is 0.926. The maximum atomic E-state index is 8.89. The Bertz CT molecular complexity index is 348. The van der Waals surface area contributed by atoms with Crippen LogP contribution in [0.2, 0.25) is 0 Å². The molecule has 0 aliphatic heterocycles. The second-order valence-corrected chi connectivity index (χ2v) is 14.2. The summed E-state index contributed by atoms with van der Waals surface area (Å²) in [5.74, 6) is -2.17. The summed E-state index contributed by atoms with van der Waals surface area (Å²) in [4.78, 5) is 17.8. The van der Waals surface area contributed by atoms with Crippen molar-refractivity contribution in [3.63, 3.8) is 0 Å². The van der Waals surface area contributed by atoms with E-state index in [9.17, 15) is 0 Å². The van der Waals surface area contributed by atoms with Crippen molar-refractivity contribution in [1.82, 2.24) is 0 Å². The molecule has 0 unspecified atom stereocenters. The number of carboxylic acids is 2. The van der Waals surface area contributed by atoms with Gasteiger partial charge in [-0.1, -0.05) is 79.1 Å². The van der Waals surface area contributed by atoms with E-state index in [0.29, 0.717) is 15.8 Å². The zero-order valence-corrected chi connectivity index (χ0v) is 26.6. The number of unbranched alkanes of at least 4 members (excludes halogenated alkanes) is 8. The number of carboxylic acid groups (broad SMARTS) is 2. The second-order valence-electron chi connectivity index (χ2n) is 8.85. The third kappa shape index (κ3) is 45.9. The number of hydrogen-bond donors (Lipinski definition) is 0. The van der Waals surface area contributed by atoms with Crippen molar-refractivity contribution >= 4 is 27.8 Å². The van der Waals surface area contributed by atoms with E-state index in [2.05, 4.69) is 27.7 Å². The molecule has 4 nitrogen and oxygen atoms in total. The van der Waals surface area contributed by atoms with Crippen LogP contribution in [0.1, 0.15) is 125 Å². The first kappa shape index (κ1) is 41.6. The normalized spacial score (nSPS) is 10.1. The monoisotopic (exact) mass is 612 g/mol. The topological polar surface area (TPSA) is 80.3 Å². The van der Waals surface area contributed by atoms with Crippen LogP contribution < -0.4 is 10.2 Å². The van der Waals surface area contributed by atoms with Crippen LogP contribution >= 0.6 is 15.8 Å². The minimum Gasteiger partial charge on any atom is -0.550 e. The molecule has 0 N–H and O–H groups in total. The summed E-state index contributed by atoms with van der Waals surface area (Å²) < 4.78 is 0. The predicted molar refractivity (Wildman–Crippen MR) is 147 cm³/mol. The molecule has 0 saturated carbocycles. The standard InChI is InChI=1S/C23H50P2.2C2H4O2.Pd/c1-5-9-13-18-24(19-14-10-6-2)22-17-23-25(20-15-11-7-3)21-16-12-8-4;2*1-2(3)4;/h5-23H2,1-4H3;2*1H3,(H,3,4);/q;;;+2/p-2. The third-order valence-electron chi connectivity index (χ3n) is 5.26. The Morgan fingerprint density at radius 3 is 0.824 bits per heavy atom. The Kier molecular flexibility index (Phi) is 43.6.